The number of amides is 1. The molecule has 0 radical (unpaired) electrons. The Labute approximate surface area is 185 Å². The zero-order valence-corrected chi connectivity index (χ0v) is 19.1. The van der Waals surface area contributed by atoms with E-state index in [2.05, 4.69) is 14.9 Å². The molecular formula is C21H24N4O4S2. The van der Waals surface area contributed by atoms with Gasteiger partial charge in [-0.15, -0.1) is 21.5 Å². The van der Waals surface area contributed by atoms with E-state index in [0.29, 0.717) is 22.8 Å². The van der Waals surface area contributed by atoms with Gasteiger partial charge in [0, 0.05) is 24.5 Å². The molecule has 0 aliphatic carbocycles. The molecule has 1 aromatic carbocycles. The predicted molar refractivity (Wildman–Crippen MR) is 117 cm³/mol. The van der Waals surface area contributed by atoms with Crippen molar-refractivity contribution in [3.63, 3.8) is 0 Å². The quantitative estimate of drug-likeness (QED) is 0.603. The molecule has 10 heteroatoms. The van der Waals surface area contributed by atoms with Gasteiger partial charge in [0.15, 0.2) is 0 Å². The number of piperidine rings is 1. The third-order valence-electron chi connectivity index (χ3n) is 5.34. The molecule has 1 saturated heterocycles. The van der Waals surface area contributed by atoms with Crippen LogP contribution in [0.2, 0.25) is 0 Å². The van der Waals surface area contributed by atoms with E-state index >= 15 is 0 Å². The van der Waals surface area contributed by atoms with Gasteiger partial charge < -0.3 is 9.32 Å². The second-order valence-electron chi connectivity index (χ2n) is 7.55. The van der Waals surface area contributed by atoms with Gasteiger partial charge in [-0.05, 0) is 50.3 Å². The summed E-state index contributed by atoms with van der Waals surface area (Å²) in [7, 11) is -3.72. The largest absolute Gasteiger partial charge is 0.411 e. The number of benzene rings is 1. The zero-order chi connectivity index (χ0) is 22.0. The van der Waals surface area contributed by atoms with Crippen LogP contribution in [-0.4, -0.2) is 42.5 Å². The SMILES string of the molecule is Cc1ccccc1CNS(=O)(=O)c1cc(-c2nnc(C(=O)N3CCCCC3)o2)sc1C. The Hall–Kier alpha value is -2.56. The summed E-state index contributed by atoms with van der Waals surface area (Å²) < 4.78 is 34.0. The van der Waals surface area contributed by atoms with Crippen molar-refractivity contribution in [2.45, 2.75) is 44.6 Å². The summed E-state index contributed by atoms with van der Waals surface area (Å²) in [5, 5.41) is 7.86. The molecule has 31 heavy (non-hydrogen) atoms. The van der Waals surface area contributed by atoms with Crippen LogP contribution >= 0.6 is 11.3 Å². The fraction of sp³-hybridized carbons (Fsp3) is 0.381. The number of hydrogen-bond acceptors (Lipinski definition) is 7. The standard InChI is InChI=1S/C21H24N4O4S2/c1-14-8-4-5-9-16(14)13-22-31(27,28)18-12-17(30-15(18)2)19-23-24-20(29-19)21(26)25-10-6-3-7-11-25/h4-5,8-9,12,22H,3,6-7,10-11,13H2,1-2H3. The second kappa shape index (κ2) is 8.89. The van der Waals surface area contributed by atoms with Crippen LogP contribution in [-0.2, 0) is 16.6 Å². The lowest BCUT2D eigenvalue weighted by Crippen LogP contribution is -2.35. The summed E-state index contributed by atoms with van der Waals surface area (Å²) >= 11 is 1.24. The average molecular weight is 461 g/mol. The van der Waals surface area contributed by atoms with Gasteiger partial charge in [-0.2, -0.15) is 0 Å². The second-order valence-corrected chi connectivity index (χ2v) is 10.5. The topological polar surface area (TPSA) is 105 Å². The molecule has 3 heterocycles. The minimum atomic E-state index is -3.72. The third kappa shape index (κ3) is 4.70. The first-order valence-electron chi connectivity index (χ1n) is 10.1. The molecule has 1 aliphatic rings. The lowest BCUT2D eigenvalue weighted by Gasteiger charge is -2.24. The molecule has 2 aromatic heterocycles. The third-order valence-corrected chi connectivity index (χ3v) is 8.03. The van der Waals surface area contributed by atoms with Gasteiger partial charge in [0.1, 0.15) is 0 Å². The molecule has 164 valence electrons. The lowest BCUT2D eigenvalue weighted by molar-refractivity contribution is 0.0684. The number of thiophene rings is 1. The van der Waals surface area contributed by atoms with Crippen LogP contribution in [0.4, 0.5) is 0 Å². The van der Waals surface area contributed by atoms with Gasteiger partial charge in [0.2, 0.25) is 10.0 Å². The number of aryl methyl sites for hydroxylation is 2. The number of sulfonamides is 1. The number of aromatic nitrogens is 2. The van der Waals surface area contributed by atoms with Crippen molar-refractivity contribution >= 4 is 27.3 Å². The van der Waals surface area contributed by atoms with Crippen molar-refractivity contribution in [1.82, 2.24) is 19.8 Å². The van der Waals surface area contributed by atoms with Crippen molar-refractivity contribution < 1.29 is 17.6 Å². The maximum atomic E-state index is 12.9. The van der Waals surface area contributed by atoms with Crippen LogP contribution in [0.15, 0.2) is 39.6 Å². The number of rotatable bonds is 6. The van der Waals surface area contributed by atoms with Crippen molar-refractivity contribution in [1.29, 1.82) is 0 Å². The van der Waals surface area contributed by atoms with E-state index in [0.717, 1.165) is 30.4 Å². The van der Waals surface area contributed by atoms with Crippen molar-refractivity contribution in [2.24, 2.45) is 0 Å². The monoisotopic (exact) mass is 460 g/mol. The summed E-state index contributed by atoms with van der Waals surface area (Å²) in [6, 6.07) is 9.14. The van der Waals surface area contributed by atoms with E-state index in [1.807, 2.05) is 31.2 Å². The van der Waals surface area contributed by atoms with E-state index < -0.39 is 10.0 Å². The summed E-state index contributed by atoms with van der Waals surface area (Å²) in [4.78, 5) is 15.6. The van der Waals surface area contributed by atoms with E-state index in [1.165, 1.54) is 17.4 Å². The highest BCUT2D eigenvalue weighted by molar-refractivity contribution is 7.89. The van der Waals surface area contributed by atoms with Crippen LogP contribution in [0.1, 0.15) is 46.0 Å². The van der Waals surface area contributed by atoms with Crippen LogP contribution in [0.3, 0.4) is 0 Å². The molecule has 0 saturated carbocycles. The van der Waals surface area contributed by atoms with Gasteiger partial charge in [-0.1, -0.05) is 24.3 Å². The molecule has 1 N–H and O–H groups in total. The Morgan fingerprint density at radius 3 is 2.65 bits per heavy atom. The molecular weight excluding hydrogens is 436 g/mol. The Morgan fingerprint density at radius 2 is 1.90 bits per heavy atom. The molecule has 3 aromatic rings. The molecule has 0 unspecified atom stereocenters. The van der Waals surface area contributed by atoms with E-state index in [9.17, 15) is 13.2 Å². The Kier molecular flexibility index (Phi) is 6.22. The molecule has 1 aliphatic heterocycles. The van der Waals surface area contributed by atoms with Gasteiger partial charge in [-0.25, -0.2) is 13.1 Å². The number of nitrogens with zero attached hydrogens (tertiary/aromatic N) is 3. The average Bonchev–Trinajstić information content (AvgIpc) is 3.40. The first-order valence-corrected chi connectivity index (χ1v) is 12.4. The molecule has 1 fully saturated rings. The van der Waals surface area contributed by atoms with E-state index in [4.69, 9.17) is 4.42 Å². The van der Waals surface area contributed by atoms with Crippen LogP contribution in [0.5, 0.6) is 0 Å². The first kappa shape index (κ1) is 21.7. The van der Waals surface area contributed by atoms with E-state index in [1.54, 1.807) is 11.8 Å². The fourth-order valence-electron chi connectivity index (χ4n) is 3.54. The number of hydrogen-bond donors (Lipinski definition) is 1. The Balaban J connectivity index is 1.51. The number of likely N-dealkylation sites (tertiary alicyclic amines) is 1. The number of nitrogens with one attached hydrogen (secondary N) is 1. The Morgan fingerprint density at radius 1 is 1.16 bits per heavy atom. The maximum absolute atomic E-state index is 12.9. The molecule has 4 rings (SSSR count). The Bertz CT molecular complexity index is 1190. The molecule has 0 atom stereocenters. The molecule has 0 bridgehead atoms. The van der Waals surface area contributed by atoms with Gasteiger partial charge in [0.25, 0.3) is 5.89 Å². The number of carbonyl (C=O) groups is 1. The van der Waals surface area contributed by atoms with Crippen LogP contribution < -0.4 is 4.72 Å². The van der Waals surface area contributed by atoms with Crippen LogP contribution in [0.25, 0.3) is 10.8 Å². The lowest BCUT2D eigenvalue weighted by atomic mass is 10.1. The zero-order valence-electron chi connectivity index (χ0n) is 17.4. The highest BCUT2D eigenvalue weighted by atomic mass is 32.2. The summed E-state index contributed by atoms with van der Waals surface area (Å²) in [6.45, 7) is 5.24. The smallest absolute Gasteiger partial charge is 0.311 e. The maximum Gasteiger partial charge on any atom is 0.311 e. The highest BCUT2D eigenvalue weighted by Crippen LogP contribution is 2.33. The summed E-state index contributed by atoms with van der Waals surface area (Å²) in [5.74, 6) is -0.196. The molecule has 1 amide bonds. The summed E-state index contributed by atoms with van der Waals surface area (Å²) in [6.07, 6.45) is 3.05. The van der Waals surface area contributed by atoms with E-state index in [-0.39, 0.29) is 29.1 Å². The van der Waals surface area contributed by atoms with Gasteiger partial charge in [-0.3, -0.25) is 4.79 Å². The normalized spacial score (nSPS) is 14.7. The van der Waals surface area contributed by atoms with Crippen molar-refractivity contribution in [3.8, 4) is 10.8 Å². The fourth-order valence-corrected chi connectivity index (χ4v) is 6.06. The molecule has 8 nitrogen and oxygen atoms in total. The molecule has 0 spiro atoms. The highest BCUT2D eigenvalue weighted by Gasteiger charge is 2.26. The van der Waals surface area contributed by atoms with Crippen LogP contribution in [0, 0.1) is 13.8 Å². The predicted octanol–water partition coefficient (Wildman–Crippen LogP) is 3.52. The van der Waals surface area contributed by atoms with Crippen molar-refractivity contribution in [2.75, 3.05) is 13.1 Å². The first-order chi connectivity index (χ1) is 14.8. The van der Waals surface area contributed by atoms with Gasteiger partial charge in [0.05, 0.1) is 9.77 Å². The minimum Gasteiger partial charge on any atom is -0.411 e. The number of carbonyl (C=O) groups excluding carboxylic acids is 1. The minimum absolute atomic E-state index is 0.0648. The van der Waals surface area contributed by atoms with Gasteiger partial charge >= 0.3 is 11.8 Å². The summed E-state index contributed by atoms with van der Waals surface area (Å²) in [5.41, 5.74) is 1.93. The van der Waals surface area contributed by atoms with Crippen molar-refractivity contribution in [3.05, 3.63) is 52.2 Å².